The number of carbonyl (C=O) groups is 4. The van der Waals surface area contributed by atoms with Crippen molar-refractivity contribution >= 4 is 40.9 Å². The van der Waals surface area contributed by atoms with Crippen LogP contribution >= 0.6 is 0 Å². The van der Waals surface area contributed by atoms with Crippen molar-refractivity contribution in [1.29, 1.82) is 0 Å². The number of nitrogens with one attached hydrogen (secondary N) is 1. The number of aromatic amines is 1. The summed E-state index contributed by atoms with van der Waals surface area (Å²) in [6.07, 6.45) is -1.74. The highest BCUT2D eigenvalue weighted by atomic mass is 16.7. The summed E-state index contributed by atoms with van der Waals surface area (Å²) >= 11 is 0. The Kier molecular flexibility index (Phi) is 7.52. The van der Waals surface area contributed by atoms with Crippen molar-refractivity contribution in [3.8, 4) is 11.5 Å². The minimum atomic E-state index is -1.17. The molecule has 4 atom stereocenters. The van der Waals surface area contributed by atoms with Gasteiger partial charge >= 0.3 is 23.9 Å². The van der Waals surface area contributed by atoms with Gasteiger partial charge in [0, 0.05) is 27.0 Å². The minimum Gasteiger partial charge on any atom is -0.463 e. The number of aromatic nitrogens is 6. The molecule has 0 aliphatic carbocycles. The summed E-state index contributed by atoms with van der Waals surface area (Å²) in [4.78, 5) is 60.6. The fourth-order valence-electron chi connectivity index (χ4n) is 3.97. The standard InChI is InChI=1S/C22H25N7O9/c1-5-34-22(33)12-6-25-28-14(12)19-26-18(23)15-20(27-19)29(8-24-15)21-17(37-11(4)32)16(36-10(3)31)13(38-21)7-35-9(2)30/h6,8,13,16-17,21H,5,7H2,1-4H3,(H,25,28)(H2,23,26,27)/t13-,16-,17-,21-/m1/s1. The maximum atomic E-state index is 12.4. The highest BCUT2D eigenvalue weighted by Gasteiger charge is 2.51. The molecule has 16 nitrogen and oxygen atoms in total. The molecule has 0 aromatic carbocycles. The number of imidazole rings is 1. The van der Waals surface area contributed by atoms with E-state index in [4.69, 9.17) is 29.4 Å². The molecule has 1 aliphatic rings. The molecule has 0 spiro atoms. The van der Waals surface area contributed by atoms with Crippen molar-refractivity contribution in [2.45, 2.75) is 52.2 Å². The van der Waals surface area contributed by atoms with Gasteiger partial charge in [0.25, 0.3) is 0 Å². The van der Waals surface area contributed by atoms with Crippen molar-refractivity contribution in [3.05, 3.63) is 18.1 Å². The summed E-state index contributed by atoms with van der Waals surface area (Å²) in [5.41, 5.74) is 6.63. The second kappa shape index (κ2) is 10.8. The first-order valence-electron chi connectivity index (χ1n) is 11.4. The number of carbonyl (C=O) groups excluding carboxylic acids is 4. The second-order valence-electron chi connectivity index (χ2n) is 8.14. The smallest absolute Gasteiger partial charge is 0.342 e. The van der Waals surface area contributed by atoms with Crippen LogP contribution in [-0.2, 0) is 38.1 Å². The number of esters is 4. The first-order chi connectivity index (χ1) is 18.1. The number of hydrogen-bond donors (Lipinski definition) is 2. The molecule has 3 aromatic rings. The van der Waals surface area contributed by atoms with E-state index in [0.29, 0.717) is 0 Å². The molecule has 3 aromatic heterocycles. The molecule has 202 valence electrons. The van der Waals surface area contributed by atoms with E-state index >= 15 is 0 Å². The zero-order chi connectivity index (χ0) is 27.6. The van der Waals surface area contributed by atoms with Crippen LogP contribution in [0.3, 0.4) is 0 Å². The SMILES string of the molecule is CCOC(=O)c1c[nH]nc1-c1nc(N)c2ncn([C@@H]3O[C@H](COC(C)=O)[C@@H](OC(C)=O)[C@H]3OC(C)=O)c2n1. The zero-order valence-corrected chi connectivity index (χ0v) is 20.9. The van der Waals surface area contributed by atoms with E-state index in [0.717, 1.165) is 0 Å². The van der Waals surface area contributed by atoms with E-state index in [9.17, 15) is 19.2 Å². The van der Waals surface area contributed by atoms with Crippen LogP contribution in [0.5, 0.6) is 0 Å². The lowest BCUT2D eigenvalue weighted by Crippen LogP contribution is -2.40. The van der Waals surface area contributed by atoms with Gasteiger partial charge in [0.1, 0.15) is 29.5 Å². The normalized spacial score (nSPS) is 20.7. The molecule has 4 heterocycles. The van der Waals surface area contributed by atoms with Gasteiger partial charge in [-0.15, -0.1) is 0 Å². The lowest BCUT2D eigenvalue weighted by atomic mass is 10.1. The summed E-state index contributed by atoms with van der Waals surface area (Å²) in [6.45, 7) is 5.09. The maximum Gasteiger partial charge on any atom is 0.342 e. The van der Waals surface area contributed by atoms with E-state index in [2.05, 4.69) is 25.1 Å². The number of ether oxygens (including phenoxy) is 5. The summed E-state index contributed by atoms with van der Waals surface area (Å²) in [6, 6.07) is 0. The van der Waals surface area contributed by atoms with Crippen LogP contribution in [0, 0.1) is 0 Å². The highest BCUT2D eigenvalue weighted by molar-refractivity contribution is 5.95. The molecule has 0 saturated carbocycles. The number of nitrogens with zero attached hydrogens (tertiary/aromatic N) is 5. The first-order valence-corrected chi connectivity index (χ1v) is 11.4. The average Bonchev–Trinajstić information content (AvgIpc) is 3.56. The largest absolute Gasteiger partial charge is 0.463 e. The van der Waals surface area contributed by atoms with E-state index < -0.39 is 48.4 Å². The minimum absolute atomic E-state index is 0.0175. The Labute approximate surface area is 214 Å². The quantitative estimate of drug-likeness (QED) is 0.295. The molecular weight excluding hydrogens is 506 g/mol. The molecule has 0 amide bonds. The van der Waals surface area contributed by atoms with Gasteiger partial charge in [-0.3, -0.25) is 24.0 Å². The summed E-state index contributed by atoms with van der Waals surface area (Å²) in [7, 11) is 0. The van der Waals surface area contributed by atoms with Gasteiger partial charge in [-0.25, -0.2) is 19.7 Å². The van der Waals surface area contributed by atoms with Gasteiger partial charge in [0.05, 0.1) is 12.9 Å². The van der Waals surface area contributed by atoms with Crippen LogP contribution in [0.4, 0.5) is 5.82 Å². The third-order valence-corrected chi connectivity index (χ3v) is 5.41. The Morgan fingerprint density at radius 3 is 2.42 bits per heavy atom. The van der Waals surface area contributed by atoms with E-state index in [1.54, 1.807) is 6.92 Å². The second-order valence-corrected chi connectivity index (χ2v) is 8.14. The predicted octanol–water partition coefficient (Wildman–Crippen LogP) is 0.299. The molecule has 16 heteroatoms. The molecule has 0 bridgehead atoms. The van der Waals surface area contributed by atoms with Crippen LogP contribution in [0.15, 0.2) is 12.5 Å². The Bertz CT molecular complexity index is 1380. The van der Waals surface area contributed by atoms with Crippen LogP contribution in [0.2, 0.25) is 0 Å². The van der Waals surface area contributed by atoms with Gasteiger partial charge < -0.3 is 29.4 Å². The van der Waals surface area contributed by atoms with E-state index in [-0.39, 0.29) is 47.3 Å². The topological polar surface area (TPSA) is 213 Å². The third-order valence-electron chi connectivity index (χ3n) is 5.41. The summed E-state index contributed by atoms with van der Waals surface area (Å²) < 4.78 is 28.4. The lowest BCUT2D eigenvalue weighted by Gasteiger charge is -2.23. The van der Waals surface area contributed by atoms with Crippen molar-refractivity contribution in [3.63, 3.8) is 0 Å². The van der Waals surface area contributed by atoms with Crippen molar-refractivity contribution in [2.75, 3.05) is 18.9 Å². The Balaban J connectivity index is 1.80. The molecule has 38 heavy (non-hydrogen) atoms. The van der Waals surface area contributed by atoms with E-state index in [1.807, 2.05) is 0 Å². The molecule has 1 fully saturated rings. The average molecular weight is 531 g/mol. The van der Waals surface area contributed by atoms with Crippen LogP contribution in [0.25, 0.3) is 22.7 Å². The monoisotopic (exact) mass is 531 g/mol. The van der Waals surface area contributed by atoms with E-state index in [1.165, 1.54) is 37.9 Å². The number of nitrogens with two attached hydrogens (primary N) is 1. The number of hydrogen-bond acceptors (Lipinski definition) is 14. The molecule has 1 saturated heterocycles. The fraction of sp³-hybridized carbons (Fsp3) is 0.455. The number of H-pyrrole nitrogens is 1. The van der Waals surface area contributed by atoms with Gasteiger partial charge in [0.2, 0.25) is 0 Å². The molecule has 0 radical (unpaired) electrons. The molecule has 0 unspecified atom stereocenters. The Morgan fingerprint density at radius 2 is 1.76 bits per heavy atom. The first kappa shape index (κ1) is 26.5. The zero-order valence-electron chi connectivity index (χ0n) is 20.9. The summed E-state index contributed by atoms with van der Waals surface area (Å²) in [5.74, 6) is -2.62. The Morgan fingerprint density at radius 1 is 1.05 bits per heavy atom. The van der Waals surface area contributed by atoms with Crippen molar-refractivity contribution in [2.24, 2.45) is 0 Å². The molecular formula is C22H25N7O9. The molecule has 1 aliphatic heterocycles. The van der Waals surface area contributed by atoms with Gasteiger partial charge in [-0.1, -0.05) is 0 Å². The third kappa shape index (κ3) is 5.24. The van der Waals surface area contributed by atoms with Gasteiger partial charge in [-0.05, 0) is 6.92 Å². The molecule has 3 N–H and O–H groups in total. The van der Waals surface area contributed by atoms with Crippen molar-refractivity contribution in [1.82, 2.24) is 29.7 Å². The maximum absolute atomic E-state index is 12.4. The number of fused-ring (bicyclic) bond motifs is 1. The van der Waals surface area contributed by atoms with Gasteiger partial charge in [0.15, 0.2) is 35.7 Å². The highest BCUT2D eigenvalue weighted by Crippen LogP contribution is 2.36. The van der Waals surface area contributed by atoms with Crippen LogP contribution in [0.1, 0.15) is 44.3 Å². The fourth-order valence-corrected chi connectivity index (χ4v) is 3.97. The van der Waals surface area contributed by atoms with Crippen LogP contribution in [-0.4, -0.2) is 85.1 Å². The number of nitrogen functional groups attached to an aromatic ring is 1. The molecule has 4 rings (SSSR count). The van der Waals surface area contributed by atoms with Crippen LogP contribution < -0.4 is 5.73 Å². The van der Waals surface area contributed by atoms with Gasteiger partial charge in [-0.2, -0.15) is 5.10 Å². The number of rotatable bonds is 8. The predicted molar refractivity (Wildman–Crippen MR) is 125 cm³/mol. The Hall–Kier alpha value is -4.60. The lowest BCUT2D eigenvalue weighted by molar-refractivity contribution is -0.166. The number of anilines is 1. The summed E-state index contributed by atoms with van der Waals surface area (Å²) in [5, 5.41) is 6.64. The van der Waals surface area contributed by atoms with Crippen molar-refractivity contribution < 1.29 is 42.9 Å².